The molecule has 0 amide bonds. The molecular formula is C16H24N2. The highest BCUT2D eigenvalue weighted by Gasteiger charge is 2.28. The first-order valence-electron chi connectivity index (χ1n) is 7.30. The predicted octanol–water partition coefficient (Wildman–Crippen LogP) is 2.98. The van der Waals surface area contributed by atoms with E-state index in [0.717, 1.165) is 6.04 Å². The van der Waals surface area contributed by atoms with Gasteiger partial charge >= 0.3 is 0 Å². The van der Waals surface area contributed by atoms with Crippen LogP contribution in [0.5, 0.6) is 0 Å². The Morgan fingerprint density at radius 1 is 1.06 bits per heavy atom. The summed E-state index contributed by atoms with van der Waals surface area (Å²) in [6, 6.07) is 7.68. The Balaban J connectivity index is 1.82. The summed E-state index contributed by atoms with van der Waals surface area (Å²) in [5, 5.41) is 0. The van der Waals surface area contributed by atoms with Gasteiger partial charge in [0.15, 0.2) is 0 Å². The number of nitrogens with zero attached hydrogens (tertiary/aromatic N) is 2. The minimum Gasteiger partial charge on any atom is -0.370 e. The van der Waals surface area contributed by atoms with E-state index in [1.54, 1.807) is 0 Å². The standard InChI is InChI=1S/C16H24N2/c1-13-6-7-16(14(2)11-13)18-10-4-9-17-8-3-5-15(17)12-18/h6-7,11,15H,3-5,8-10,12H2,1-2H3. The van der Waals surface area contributed by atoms with Crippen LogP contribution < -0.4 is 4.90 Å². The van der Waals surface area contributed by atoms with Gasteiger partial charge in [0.05, 0.1) is 0 Å². The zero-order chi connectivity index (χ0) is 12.5. The van der Waals surface area contributed by atoms with E-state index in [1.807, 2.05) is 0 Å². The molecule has 0 saturated carbocycles. The number of aryl methyl sites for hydroxylation is 2. The van der Waals surface area contributed by atoms with Gasteiger partial charge in [-0.2, -0.15) is 0 Å². The number of benzene rings is 1. The van der Waals surface area contributed by atoms with Crippen LogP contribution in [0.2, 0.25) is 0 Å². The number of anilines is 1. The maximum atomic E-state index is 2.70. The largest absolute Gasteiger partial charge is 0.370 e. The van der Waals surface area contributed by atoms with E-state index in [2.05, 4.69) is 41.8 Å². The molecule has 2 heteroatoms. The van der Waals surface area contributed by atoms with Crippen molar-refractivity contribution in [2.24, 2.45) is 0 Å². The van der Waals surface area contributed by atoms with Crippen molar-refractivity contribution in [2.75, 3.05) is 31.1 Å². The molecule has 1 aromatic rings. The van der Waals surface area contributed by atoms with Crippen LogP contribution >= 0.6 is 0 Å². The highest BCUT2D eigenvalue weighted by molar-refractivity contribution is 5.54. The molecular weight excluding hydrogens is 220 g/mol. The van der Waals surface area contributed by atoms with Crippen LogP contribution in [-0.2, 0) is 0 Å². The van der Waals surface area contributed by atoms with Gasteiger partial charge in [-0.25, -0.2) is 0 Å². The highest BCUT2D eigenvalue weighted by atomic mass is 15.3. The molecule has 0 aliphatic carbocycles. The van der Waals surface area contributed by atoms with Crippen molar-refractivity contribution in [1.82, 2.24) is 4.90 Å². The maximum absolute atomic E-state index is 2.70. The number of hydrogen-bond acceptors (Lipinski definition) is 2. The maximum Gasteiger partial charge on any atom is 0.0396 e. The summed E-state index contributed by atoms with van der Waals surface area (Å²) in [6.07, 6.45) is 4.09. The SMILES string of the molecule is Cc1ccc(N2CCCN3CCCC3C2)c(C)c1. The van der Waals surface area contributed by atoms with Gasteiger partial charge in [0.1, 0.15) is 0 Å². The molecule has 0 bridgehead atoms. The van der Waals surface area contributed by atoms with Gasteiger partial charge < -0.3 is 4.90 Å². The van der Waals surface area contributed by atoms with Crippen LogP contribution in [0.25, 0.3) is 0 Å². The molecule has 3 rings (SSSR count). The molecule has 2 aliphatic heterocycles. The lowest BCUT2D eigenvalue weighted by Gasteiger charge is -2.28. The van der Waals surface area contributed by atoms with Gasteiger partial charge in [0.25, 0.3) is 0 Å². The van der Waals surface area contributed by atoms with Crippen LogP contribution in [-0.4, -0.2) is 37.1 Å². The van der Waals surface area contributed by atoms with E-state index in [4.69, 9.17) is 0 Å². The molecule has 0 aromatic heterocycles. The minimum absolute atomic E-state index is 0.799. The zero-order valence-electron chi connectivity index (χ0n) is 11.7. The van der Waals surface area contributed by atoms with E-state index in [-0.39, 0.29) is 0 Å². The fraction of sp³-hybridized carbons (Fsp3) is 0.625. The Kier molecular flexibility index (Phi) is 3.29. The summed E-state index contributed by atoms with van der Waals surface area (Å²) >= 11 is 0. The lowest BCUT2D eigenvalue weighted by Crippen LogP contribution is -2.36. The second kappa shape index (κ2) is 4.93. The van der Waals surface area contributed by atoms with Crippen molar-refractivity contribution in [3.05, 3.63) is 29.3 Å². The second-order valence-corrected chi connectivity index (χ2v) is 5.92. The topological polar surface area (TPSA) is 6.48 Å². The molecule has 98 valence electrons. The Hall–Kier alpha value is -1.02. The number of rotatable bonds is 1. The molecule has 2 aliphatic rings. The highest BCUT2D eigenvalue weighted by Crippen LogP contribution is 2.27. The van der Waals surface area contributed by atoms with Crippen LogP contribution in [0.3, 0.4) is 0 Å². The summed E-state index contributed by atoms with van der Waals surface area (Å²) in [5.74, 6) is 0. The second-order valence-electron chi connectivity index (χ2n) is 5.92. The molecule has 0 radical (unpaired) electrons. The molecule has 1 unspecified atom stereocenters. The number of fused-ring (bicyclic) bond motifs is 1. The van der Waals surface area contributed by atoms with E-state index in [1.165, 1.54) is 62.3 Å². The van der Waals surface area contributed by atoms with Gasteiger partial charge in [-0.15, -0.1) is 0 Å². The first-order chi connectivity index (χ1) is 8.74. The fourth-order valence-corrected chi connectivity index (χ4v) is 3.59. The van der Waals surface area contributed by atoms with Crippen molar-refractivity contribution in [3.63, 3.8) is 0 Å². The predicted molar refractivity (Wildman–Crippen MR) is 77.3 cm³/mol. The molecule has 0 N–H and O–H groups in total. The van der Waals surface area contributed by atoms with Gasteiger partial charge in [0, 0.05) is 31.4 Å². The van der Waals surface area contributed by atoms with Gasteiger partial charge in [-0.05, 0) is 51.3 Å². The smallest absolute Gasteiger partial charge is 0.0396 e. The van der Waals surface area contributed by atoms with E-state index >= 15 is 0 Å². The molecule has 18 heavy (non-hydrogen) atoms. The Morgan fingerprint density at radius 3 is 2.72 bits per heavy atom. The molecule has 2 saturated heterocycles. The molecule has 1 atom stereocenters. The van der Waals surface area contributed by atoms with Crippen molar-refractivity contribution < 1.29 is 0 Å². The van der Waals surface area contributed by atoms with E-state index < -0.39 is 0 Å². The number of hydrogen-bond donors (Lipinski definition) is 0. The Labute approximate surface area is 111 Å². The third-order valence-corrected chi connectivity index (χ3v) is 4.50. The molecule has 2 fully saturated rings. The summed E-state index contributed by atoms with van der Waals surface area (Å²) in [5.41, 5.74) is 4.25. The minimum atomic E-state index is 0.799. The monoisotopic (exact) mass is 244 g/mol. The molecule has 0 spiro atoms. The van der Waals surface area contributed by atoms with Crippen LogP contribution in [0.1, 0.15) is 30.4 Å². The molecule has 2 heterocycles. The van der Waals surface area contributed by atoms with Crippen LogP contribution in [0.4, 0.5) is 5.69 Å². The van der Waals surface area contributed by atoms with Gasteiger partial charge in [-0.1, -0.05) is 17.7 Å². The lowest BCUT2D eigenvalue weighted by molar-refractivity contribution is 0.273. The average molecular weight is 244 g/mol. The summed E-state index contributed by atoms with van der Waals surface area (Å²) < 4.78 is 0. The van der Waals surface area contributed by atoms with Crippen molar-refractivity contribution in [3.8, 4) is 0 Å². The van der Waals surface area contributed by atoms with Gasteiger partial charge in [-0.3, -0.25) is 4.90 Å². The van der Waals surface area contributed by atoms with Crippen molar-refractivity contribution in [2.45, 2.75) is 39.2 Å². The third-order valence-electron chi connectivity index (χ3n) is 4.50. The first-order valence-corrected chi connectivity index (χ1v) is 7.30. The van der Waals surface area contributed by atoms with Crippen molar-refractivity contribution in [1.29, 1.82) is 0 Å². The molecule has 2 nitrogen and oxygen atoms in total. The summed E-state index contributed by atoms with van der Waals surface area (Å²) in [4.78, 5) is 5.31. The van der Waals surface area contributed by atoms with Gasteiger partial charge in [0.2, 0.25) is 0 Å². The third kappa shape index (κ3) is 2.26. The normalized spacial score (nSPS) is 25.0. The Bertz CT molecular complexity index is 427. The molecule has 1 aromatic carbocycles. The lowest BCUT2D eigenvalue weighted by atomic mass is 10.1. The van der Waals surface area contributed by atoms with Crippen LogP contribution in [0.15, 0.2) is 18.2 Å². The first kappa shape index (κ1) is 12.0. The van der Waals surface area contributed by atoms with Crippen LogP contribution in [0, 0.1) is 13.8 Å². The zero-order valence-corrected chi connectivity index (χ0v) is 11.7. The van der Waals surface area contributed by atoms with Crippen molar-refractivity contribution >= 4 is 5.69 Å². The quantitative estimate of drug-likeness (QED) is 0.749. The van der Waals surface area contributed by atoms with E-state index in [0.29, 0.717) is 0 Å². The average Bonchev–Trinajstić information content (AvgIpc) is 2.67. The Morgan fingerprint density at radius 2 is 1.89 bits per heavy atom. The summed E-state index contributed by atoms with van der Waals surface area (Å²) in [6.45, 7) is 9.50. The summed E-state index contributed by atoms with van der Waals surface area (Å²) in [7, 11) is 0. The van der Waals surface area contributed by atoms with E-state index in [9.17, 15) is 0 Å². The fourth-order valence-electron chi connectivity index (χ4n) is 3.59.